The van der Waals surface area contributed by atoms with Gasteiger partial charge in [-0.2, -0.15) is 13.2 Å². The number of benzene rings is 1. The van der Waals surface area contributed by atoms with E-state index in [0.717, 1.165) is 23.1 Å². The average molecular weight is 321 g/mol. The summed E-state index contributed by atoms with van der Waals surface area (Å²) in [5.41, 5.74) is -0.936. The fourth-order valence-electron chi connectivity index (χ4n) is 2.10. The Balaban J connectivity index is 2.28. The molecule has 1 heterocycles. The molecule has 1 fully saturated rings. The number of carbonyl (C=O) groups excluding carboxylic acids is 2. The quantitative estimate of drug-likeness (QED) is 0.910. The fraction of sp³-hybridized carbons (Fsp3) is 0.385. The first-order chi connectivity index (χ1) is 9.70. The Hall–Kier alpha value is -1.76. The van der Waals surface area contributed by atoms with Crippen molar-refractivity contribution >= 4 is 29.1 Å². The summed E-state index contributed by atoms with van der Waals surface area (Å²) in [6, 6.07) is 2.03. The highest BCUT2D eigenvalue weighted by atomic mass is 35.5. The fourth-order valence-corrected chi connectivity index (χ4v) is 2.34. The van der Waals surface area contributed by atoms with Gasteiger partial charge in [-0.1, -0.05) is 11.6 Å². The van der Waals surface area contributed by atoms with Crippen LogP contribution in [0, 0.1) is 0 Å². The summed E-state index contributed by atoms with van der Waals surface area (Å²) in [5, 5.41) is 2.50. The van der Waals surface area contributed by atoms with Crippen molar-refractivity contribution in [2.75, 3.05) is 11.9 Å². The molecule has 0 spiro atoms. The van der Waals surface area contributed by atoms with Crippen LogP contribution in [0.1, 0.15) is 18.4 Å². The maximum Gasteiger partial charge on any atom is 0.416 e. The zero-order valence-corrected chi connectivity index (χ0v) is 11.8. The smallest absolute Gasteiger partial charge is 0.344 e. The van der Waals surface area contributed by atoms with Crippen LogP contribution < -0.4 is 10.2 Å². The first-order valence-electron chi connectivity index (χ1n) is 6.14. The normalized spacial score (nSPS) is 18.5. The van der Waals surface area contributed by atoms with Crippen molar-refractivity contribution in [1.29, 1.82) is 0 Å². The van der Waals surface area contributed by atoms with Gasteiger partial charge in [-0.3, -0.25) is 9.59 Å². The van der Waals surface area contributed by atoms with E-state index in [2.05, 4.69) is 5.32 Å². The standard InChI is InChI=1S/C13H12ClF3N2O2/c1-19(12(21)9-4-5-11(20)18-9)10-6-7(13(15,16)17)2-3-8(10)14/h2-3,6,9H,4-5H2,1H3,(H,18,20). The Bertz CT molecular complexity index is 589. The second-order valence-corrected chi connectivity index (χ2v) is 5.13. The Morgan fingerprint density at radius 2 is 2.10 bits per heavy atom. The van der Waals surface area contributed by atoms with Gasteiger partial charge in [-0.25, -0.2) is 0 Å². The largest absolute Gasteiger partial charge is 0.416 e. The van der Waals surface area contributed by atoms with Crippen molar-refractivity contribution in [3.8, 4) is 0 Å². The number of anilines is 1. The summed E-state index contributed by atoms with van der Waals surface area (Å²) in [7, 11) is 1.33. The lowest BCUT2D eigenvalue weighted by Gasteiger charge is -2.23. The third kappa shape index (κ3) is 3.29. The number of nitrogens with one attached hydrogen (secondary N) is 1. The van der Waals surface area contributed by atoms with Gasteiger partial charge in [0, 0.05) is 13.5 Å². The SMILES string of the molecule is CN(C(=O)C1CCC(=O)N1)c1cc(C(F)(F)F)ccc1Cl. The van der Waals surface area contributed by atoms with Gasteiger partial charge in [0.1, 0.15) is 6.04 Å². The molecule has 0 bridgehead atoms. The van der Waals surface area contributed by atoms with E-state index in [-0.39, 0.29) is 23.0 Å². The van der Waals surface area contributed by atoms with Gasteiger partial charge in [-0.05, 0) is 24.6 Å². The molecule has 0 aromatic heterocycles. The lowest BCUT2D eigenvalue weighted by molar-refractivity contribution is -0.137. The molecule has 2 amide bonds. The Labute approximate surface area is 123 Å². The Kier molecular flexibility index (Phi) is 4.13. The van der Waals surface area contributed by atoms with Crippen molar-refractivity contribution in [2.24, 2.45) is 0 Å². The molecule has 2 rings (SSSR count). The van der Waals surface area contributed by atoms with E-state index in [1.165, 1.54) is 7.05 Å². The molecule has 1 aliphatic heterocycles. The van der Waals surface area contributed by atoms with Gasteiger partial charge in [0.25, 0.3) is 0 Å². The first kappa shape index (κ1) is 15.6. The van der Waals surface area contributed by atoms with Crippen molar-refractivity contribution < 1.29 is 22.8 Å². The molecule has 1 atom stereocenters. The number of likely N-dealkylation sites (N-methyl/N-ethyl adjacent to an activating group) is 1. The van der Waals surface area contributed by atoms with Gasteiger partial charge in [-0.15, -0.1) is 0 Å². The van der Waals surface area contributed by atoms with E-state index in [1.54, 1.807) is 0 Å². The molecule has 1 saturated heterocycles. The minimum absolute atomic E-state index is 0.0307. The average Bonchev–Trinajstić information content (AvgIpc) is 2.83. The molecule has 1 N–H and O–H groups in total. The molecule has 114 valence electrons. The topological polar surface area (TPSA) is 49.4 Å². The molecule has 8 heteroatoms. The number of nitrogens with zero attached hydrogens (tertiary/aromatic N) is 1. The third-order valence-electron chi connectivity index (χ3n) is 3.26. The summed E-state index contributed by atoms with van der Waals surface area (Å²) in [5.74, 6) is -0.751. The molecule has 1 aliphatic rings. The van der Waals surface area contributed by atoms with Gasteiger partial charge in [0.15, 0.2) is 0 Å². The Morgan fingerprint density at radius 3 is 2.62 bits per heavy atom. The number of amides is 2. The molecule has 1 aromatic carbocycles. The molecule has 0 radical (unpaired) electrons. The van der Waals surface area contributed by atoms with Gasteiger partial charge < -0.3 is 10.2 Å². The van der Waals surface area contributed by atoms with Gasteiger partial charge in [0.2, 0.25) is 11.8 Å². The van der Waals surface area contributed by atoms with Crippen LogP contribution in [0.5, 0.6) is 0 Å². The summed E-state index contributed by atoms with van der Waals surface area (Å²) in [6.07, 6.45) is -3.98. The zero-order chi connectivity index (χ0) is 15.8. The molecular formula is C13H12ClF3N2O2. The van der Waals surface area contributed by atoms with Crippen LogP contribution in [-0.4, -0.2) is 24.9 Å². The molecule has 1 unspecified atom stereocenters. The Morgan fingerprint density at radius 1 is 1.43 bits per heavy atom. The van der Waals surface area contributed by atoms with Crippen LogP contribution in [0.4, 0.5) is 18.9 Å². The molecule has 1 aromatic rings. The maximum absolute atomic E-state index is 12.7. The van der Waals surface area contributed by atoms with E-state index in [4.69, 9.17) is 11.6 Å². The highest BCUT2D eigenvalue weighted by molar-refractivity contribution is 6.33. The summed E-state index contributed by atoms with van der Waals surface area (Å²) in [4.78, 5) is 24.3. The van der Waals surface area contributed by atoms with Crippen LogP contribution in [0.15, 0.2) is 18.2 Å². The number of alkyl halides is 3. The van der Waals surface area contributed by atoms with Crippen LogP contribution in [0.2, 0.25) is 5.02 Å². The minimum atomic E-state index is -4.52. The van der Waals surface area contributed by atoms with E-state index >= 15 is 0 Å². The number of halogens is 4. The number of hydrogen-bond donors (Lipinski definition) is 1. The molecule has 4 nitrogen and oxygen atoms in total. The van der Waals surface area contributed by atoms with Crippen LogP contribution in [0.3, 0.4) is 0 Å². The van der Waals surface area contributed by atoms with Crippen LogP contribution in [0.25, 0.3) is 0 Å². The number of hydrogen-bond acceptors (Lipinski definition) is 2. The molecule has 21 heavy (non-hydrogen) atoms. The lowest BCUT2D eigenvalue weighted by atomic mass is 10.1. The van der Waals surface area contributed by atoms with Crippen molar-refractivity contribution in [3.63, 3.8) is 0 Å². The second-order valence-electron chi connectivity index (χ2n) is 4.72. The van der Waals surface area contributed by atoms with Gasteiger partial charge >= 0.3 is 6.18 Å². The van der Waals surface area contributed by atoms with Crippen LogP contribution in [-0.2, 0) is 15.8 Å². The van der Waals surface area contributed by atoms with Crippen molar-refractivity contribution in [2.45, 2.75) is 25.1 Å². The maximum atomic E-state index is 12.7. The third-order valence-corrected chi connectivity index (χ3v) is 3.58. The van der Waals surface area contributed by atoms with E-state index in [9.17, 15) is 22.8 Å². The predicted molar refractivity (Wildman–Crippen MR) is 71.0 cm³/mol. The lowest BCUT2D eigenvalue weighted by Crippen LogP contribution is -2.42. The summed E-state index contributed by atoms with van der Waals surface area (Å²) < 4.78 is 38.1. The van der Waals surface area contributed by atoms with E-state index in [1.807, 2.05) is 0 Å². The number of carbonyl (C=O) groups is 2. The first-order valence-corrected chi connectivity index (χ1v) is 6.51. The monoisotopic (exact) mass is 320 g/mol. The van der Waals surface area contributed by atoms with E-state index < -0.39 is 23.7 Å². The van der Waals surface area contributed by atoms with Crippen molar-refractivity contribution in [1.82, 2.24) is 5.32 Å². The zero-order valence-electron chi connectivity index (χ0n) is 11.0. The predicted octanol–water partition coefficient (Wildman–Crippen LogP) is 2.60. The second kappa shape index (κ2) is 5.55. The highest BCUT2D eigenvalue weighted by Gasteiger charge is 2.34. The summed E-state index contributed by atoms with van der Waals surface area (Å²) >= 11 is 5.87. The molecule has 0 saturated carbocycles. The van der Waals surface area contributed by atoms with Crippen molar-refractivity contribution in [3.05, 3.63) is 28.8 Å². The van der Waals surface area contributed by atoms with E-state index in [0.29, 0.717) is 6.42 Å². The highest BCUT2D eigenvalue weighted by Crippen LogP contribution is 2.35. The van der Waals surface area contributed by atoms with Crippen LogP contribution >= 0.6 is 11.6 Å². The minimum Gasteiger partial charge on any atom is -0.344 e. The summed E-state index contributed by atoms with van der Waals surface area (Å²) in [6.45, 7) is 0. The number of rotatable bonds is 2. The molecule has 0 aliphatic carbocycles. The van der Waals surface area contributed by atoms with Gasteiger partial charge in [0.05, 0.1) is 16.3 Å². The molecular weight excluding hydrogens is 309 g/mol.